The molecule has 16 heavy (non-hydrogen) atoms. The van der Waals surface area contributed by atoms with Gasteiger partial charge in [-0.1, -0.05) is 0 Å². The van der Waals surface area contributed by atoms with Gasteiger partial charge in [-0.2, -0.15) is 5.10 Å². The molecule has 1 saturated heterocycles. The molecule has 7 heteroatoms. The van der Waals surface area contributed by atoms with E-state index >= 15 is 0 Å². The molecule has 0 spiro atoms. The van der Waals surface area contributed by atoms with Crippen LogP contribution >= 0.6 is 0 Å². The molecule has 2 rings (SSSR count). The third kappa shape index (κ3) is 2.59. The number of nitrogens with one attached hydrogen (secondary N) is 1. The fraction of sp³-hybridized carbons (Fsp3) is 0.778. The van der Waals surface area contributed by atoms with Gasteiger partial charge in [0.25, 0.3) is 0 Å². The van der Waals surface area contributed by atoms with Gasteiger partial charge in [0.1, 0.15) is 5.82 Å². The van der Waals surface area contributed by atoms with E-state index in [1.807, 2.05) is 6.92 Å². The van der Waals surface area contributed by atoms with E-state index in [0.717, 1.165) is 12.2 Å². The van der Waals surface area contributed by atoms with Crippen LogP contribution in [-0.2, 0) is 16.3 Å². The van der Waals surface area contributed by atoms with Gasteiger partial charge in [0.2, 0.25) is 0 Å². The summed E-state index contributed by atoms with van der Waals surface area (Å²) in [5, 5.41) is 6.79. The van der Waals surface area contributed by atoms with E-state index in [4.69, 9.17) is 5.73 Å². The van der Waals surface area contributed by atoms with Gasteiger partial charge in [0, 0.05) is 6.42 Å². The van der Waals surface area contributed by atoms with Crippen LogP contribution in [0.3, 0.4) is 0 Å². The number of sulfone groups is 1. The molecular weight excluding hydrogens is 228 g/mol. The summed E-state index contributed by atoms with van der Waals surface area (Å²) in [6.45, 7) is 1.81. The topological polar surface area (TPSA) is 102 Å². The summed E-state index contributed by atoms with van der Waals surface area (Å²) in [7, 11) is -2.81. The highest BCUT2D eigenvalue weighted by molar-refractivity contribution is 7.91. The van der Waals surface area contributed by atoms with E-state index in [1.165, 1.54) is 0 Å². The van der Waals surface area contributed by atoms with E-state index in [1.54, 1.807) is 0 Å². The molecule has 0 saturated carbocycles. The third-order valence-corrected chi connectivity index (χ3v) is 4.60. The van der Waals surface area contributed by atoms with Gasteiger partial charge in [0.15, 0.2) is 15.7 Å². The lowest BCUT2D eigenvalue weighted by Crippen LogP contribution is -2.09. The first kappa shape index (κ1) is 11.5. The fourth-order valence-corrected chi connectivity index (χ4v) is 3.77. The van der Waals surface area contributed by atoms with Crippen LogP contribution in [0.1, 0.15) is 31.0 Å². The Balaban J connectivity index is 2.00. The third-order valence-electron chi connectivity index (χ3n) is 2.77. The number of H-pyrrole nitrogens is 1. The molecule has 2 atom stereocenters. The first-order chi connectivity index (χ1) is 7.46. The van der Waals surface area contributed by atoms with Crippen molar-refractivity contribution in [2.75, 3.05) is 11.5 Å². The Morgan fingerprint density at radius 1 is 1.62 bits per heavy atom. The first-order valence-corrected chi connectivity index (χ1v) is 7.15. The van der Waals surface area contributed by atoms with E-state index in [0.29, 0.717) is 18.0 Å². The van der Waals surface area contributed by atoms with Gasteiger partial charge in [-0.25, -0.2) is 13.4 Å². The van der Waals surface area contributed by atoms with Gasteiger partial charge >= 0.3 is 0 Å². The number of aromatic nitrogens is 3. The lowest BCUT2D eigenvalue weighted by molar-refractivity contribution is 0.569. The van der Waals surface area contributed by atoms with Crippen LogP contribution in [-0.4, -0.2) is 35.1 Å². The van der Waals surface area contributed by atoms with Crippen molar-refractivity contribution in [2.24, 2.45) is 11.7 Å². The summed E-state index contributed by atoms with van der Waals surface area (Å²) in [4.78, 5) is 4.23. The Bertz CT molecular complexity index is 466. The number of hydrogen-bond donors (Lipinski definition) is 2. The summed E-state index contributed by atoms with van der Waals surface area (Å²) >= 11 is 0. The average Bonchev–Trinajstić information content (AvgIpc) is 2.73. The molecule has 6 nitrogen and oxygen atoms in total. The molecule has 0 aliphatic carbocycles. The zero-order valence-electron chi connectivity index (χ0n) is 9.18. The predicted octanol–water partition coefficient (Wildman–Crippen LogP) is -0.198. The number of nitrogens with zero attached hydrogens (tertiary/aromatic N) is 2. The monoisotopic (exact) mass is 244 g/mol. The summed E-state index contributed by atoms with van der Waals surface area (Å²) in [6.07, 6.45) is 1.36. The Kier molecular flexibility index (Phi) is 2.98. The second-order valence-electron chi connectivity index (χ2n) is 4.40. The Labute approximate surface area is 94.6 Å². The van der Waals surface area contributed by atoms with E-state index < -0.39 is 9.84 Å². The lowest BCUT2D eigenvalue weighted by atomic mass is 10.1. The summed E-state index contributed by atoms with van der Waals surface area (Å²) in [5.41, 5.74) is 5.64. The van der Waals surface area contributed by atoms with Gasteiger partial charge in [-0.05, 0) is 19.3 Å². The molecule has 1 fully saturated rings. The number of aromatic amines is 1. The quantitative estimate of drug-likeness (QED) is 0.766. The molecule has 1 aromatic rings. The summed E-state index contributed by atoms with van der Waals surface area (Å²) < 4.78 is 22.6. The molecule has 0 amide bonds. The summed E-state index contributed by atoms with van der Waals surface area (Å²) in [5.74, 6) is 2.04. The first-order valence-electron chi connectivity index (χ1n) is 5.33. The molecule has 3 N–H and O–H groups in total. The molecule has 1 aliphatic heterocycles. The molecule has 0 radical (unpaired) electrons. The van der Waals surface area contributed by atoms with Crippen molar-refractivity contribution >= 4 is 9.84 Å². The smallest absolute Gasteiger partial charge is 0.167 e. The van der Waals surface area contributed by atoms with E-state index in [2.05, 4.69) is 15.2 Å². The number of rotatable bonds is 3. The maximum Gasteiger partial charge on any atom is 0.167 e. The minimum Gasteiger partial charge on any atom is -0.321 e. The van der Waals surface area contributed by atoms with Crippen molar-refractivity contribution in [3.63, 3.8) is 0 Å². The van der Waals surface area contributed by atoms with Crippen molar-refractivity contribution in [3.8, 4) is 0 Å². The maximum atomic E-state index is 11.3. The van der Waals surface area contributed by atoms with Crippen LogP contribution in [0.4, 0.5) is 0 Å². The van der Waals surface area contributed by atoms with Crippen molar-refractivity contribution in [1.29, 1.82) is 0 Å². The van der Waals surface area contributed by atoms with Crippen LogP contribution in [0.25, 0.3) is 0 Å². The van der Waals surface area contributed by atoms with Crippen LogP contribution in [0.2, 0.25) is 0 Å². The Hall–Kier alpha value is -0.950. The van der Waals surface area contributed by atoms with Crippen molar-refractivity contribution in [1.82, 2.24) is 15.2 Å². The standard InChI is InChI=1S/C9H16N4O2S/c1-6(10)9-11-8(12-13-9)4-7-2-3-16(14,15)5-7/h6-7H,2-5,10H2,1H3,(H,11,12,13). The van der Waals surface area contributed by atoms with Gasteiger partial charge < -0.3 is 5.73 Å². The average molecular weight is 244 g/mol. The molecule has 90 valence electrons. The molecule has 2 unspecified atom stereocenters. The molecule has 0 bridgehead atoms. The van der Waals surface area contributed by atoms with E-state index in [9.17, 15) is 8.42 Å². The molecule has 1 aromatic heterocycles. The van der Waals surface area contributed by atoms with Crippen LogP contribution in [0, 0.1) is 5.92 Å². The molecule has 2 heterocycles. The zero-order chi connectivity index (χ0) is 11.8. The fourth-order valence-electron chi connectivity index (χ4n) is 1.91. The van der Waals surface area contributed by atoms with Crippen molar-refractivity contribution in [3.05, 3.63) is 11.6 Å². The highest BCUT2D eigenvalue weighted by Crippen LogP contribution is 2.21. The van der Waals surface area contributed by atoms with E-state index in [-0.39, 0.29) is 17.7 Å². The van der Waals surface area contributed by atoms with Crippen LogP contribution in [0.5, 0.6) is 0 Å². The maximum absolute atomic E-state index is 11.3. The minimum absolute atomic E-state index is 0.166. The minimum atomic E-state index is -2.81. The zero-order valence-corrected chi connectivity index (χ0v) is 10.00. The highest BCUT2D eigenvalue weighted by atomic mass is 32.2. The van der Waals surface area contributed by atoms with Crippen LogP contribution < -0.4 is 5.73 Å². The SMILES string of the molecule is CC(N)c1n[nH]c(CC2CCS(=O)(=O)C2)n1. The molecular formula is C9H16N4O2S. The lowest BCUT2D eigenvalue weighted by Gasteiger charge is -2.03. The second-order valence-corrected chi connectivity index (χ2v) is 6.63. The van der Waals surface area contributed by atoms with Crippen molar-refractivity contribution < 1.29 is 8.42 Å². The largest absolute Gasteiger partial charge is 0.321 e. The predicted molar refractivity (Wildman–Crippen MR) is 59.4 cm³/mol. The Morgan fingerprint density at radius 3 is 2.88 bits per heavy atom. The number of hydrogen-bond acceptors (Lipinski definition) is 5. The highest BCUT2D eigenvalue weighted by Gasteiger charge is 2.28. The summed E-state index contributed by atoms with van der Waals surface area (Å²) in [6, 6.07) is -0.197. The normalized spacial score (nSPS) is 25.8. The Morgan fingerprint density at radius 2 is 2.38 bits per heavy atom. The van der Waals surface area contributed by atoms with Gasteiger partial charge in [0.05, 0.1) is 17.5 Å². The molecule has 1 aliphatic rings. The second kappa shape index (κ2) is 4.14. The van der Waals surface area contributed by atoms with Crippen molar-refractivity contribution in [2.45, 2.75) is 25.8 Å². The van der Waals surface area contributed by atoms with Gasteiger partial charge in [-0.3, -0.25) is 5.10 Å². The number of nitrogens with two attached hydrogens (primary N) is 1. The molecule has 0 aromatic carbocycles. The van der Waals surface area contributed by atoms with Crippen LogP contribution in [0.15, 0.2) is 0 Å². The van der Waals surface area contributed by atoms with Gasteiger partial charge in [-0.15, -0.1) is 0 Å².